The van der Waals surface area contributed by atoms with Crippen LogP contribution in [-0.2, 0) is 21.7 Å². The summed E-state index contributed by atoms with van der Waals surface area (Å²) in [6, 6.07) is 15.1. The summed E-state index contributed by atoms with van der Waals surface area (Å²) >= 11 is 0. The standard InChI is InChI=1S/C18H23O2Si/c1-5-14-10-7-8-11-16(14)17-12-9-13-18(15(17)6-2)21(19-3)20-4/h7-13H,5-6H2,1-4H3. The van der Waals surface area contributed by atoms with E-state index in [0.29, 0.717) is 0 Å². The normalized spacial score (nSPS) is 11.1. The SMILES string of the molecule is CCc1ccccc1-c1cccc([Si](OC)OC)c1CC. The highest BCUT2D eigenvalue weighted by atomic mass is 28.3. The largest absolute Gasteiger partial charge is 0.423 e. The van der Waals surface area contributed by atoms with Crippen LogP contribution in [0.4, 0.5) is 0 Å². The van der Waals surface area contributed by atoms with Crippen LogP contribution >= 0.6 is 0 Å². The van der Waals surface area contributed by atoms with Crippen LogP contribution in [0.25, 0.3) is 11.1 Å². The molecule has 0 saturated heterocycles. The fourth-order valence-corrected chi connectivity index (χ4v) is 4.20. The minimum atomic E-state index is -1.39. The second-order valence-corrected chi connectivity index (χ2v) is 6.82. The Hall–Kier alpha value is -1.42. The maximum atomic E-state index is 5.56. The highest BCUT2D eigenvalue weighted by Gasteiger charge is 2.21. The van der Waals surface area contributed by atoms with E-state index in [4.69, 9.17) is 8.85 Å². The van der Waals surface area contributed by atoms with E-state index < -0.39 is 9.28 Å². The zero-order valence-electron chi connectivity index (χ0n) is 13.3. The Bertz CT molecular complexity index is 592. The van der Waals surface area contributed by atoms with Crippen molar-refractivity contribution in [3.05, 3.63) is 53.6 Å². The predicted molar refractivity (Wildman–Crippen MR) is 90.0 cm³/mol. The minimum Gasteiger partial charge on any atom is -0.393 e. The summed E-state index contributed by atoms with van der Waals surface area (Å²) in [5, 5.41) is 1.22. The van der Waals surface area contributed by atoms with Crippen LogP contribution in [0.15, 0.2) is 42.5 Å². The molecule has 2 aromatic rings. The van der Waals surface area contributed by atoms with Gasteiger partial charge >= 0.3 is 9.28 Å². The van der Waals surface area contributed by atoms with Crippen LogP contribution in [-0.4, -0.2) is 23.5 Å². The molecule has 2 nitrogen and oxygen atoms in total. The highest BCUT2D eigenvalue weighted by molar-refractivity contribution is 6.62. The molecule has 21 heavy (non-hydrogen) atoms. The molecule has 1 radical (unpaired) electrons. The van der Waals surface area contributed by atoms with Crippen molar-refractivity contribution in [2.45, 2.75) is 26.7 Å². The van der Waals surface area contributed by atoms with E-state index in [2.05, 4.69) is 56.3 Å². The molecule has 0 heterocycles. The van der Waals surface area contributed by atoms with Gasteiger partial charge in [0, 0.05) is 14.2 Å². The van der Waals surface area contributed by atoms with E-state index in [1.165, 1.54) is 27.4 Å². The second-order valence-electron chi connectivity index (χ2n) is 4.89. The summed E-state index contributed by atoms with van der Waals surface area (Å²) in [6.45, 7) is 4.40. The van der Waals surface area contributed by atoms with E-state index in [-0.39, 0.29) is 0 Å². The van der Waals surface area contributed by atoms with Gasteiger partial charge in [-0.15, -0.1) is 0 Å². The molecule has 0 unspecified atom stereocenters. The molecule has 2 rings (SSSR count). The Morgan fingerprint density at radius 1 is 0.810 bits per heavy atom. The quantitative estimate of drug-likeness (QED) is 0.761. The molecule has 3 heteroatoms. The van der Waals surface area contributed by atoms with Gasteiger partial charge in [-0.2, -0.15) is 0 Å². The zero-order chi connectivity index (χ0) is 15.2. The lowest BCUT2D eigenvalue weighted by Crippen LogP contribution is -2.37. The van der Waals surface area contributed by atoms with Crippen molar-refractivity contribution in [1.82, 2.24) is 0 Å². The molecule has 0 aromatic heterocycles. The zero-order valence-corrected chi connectivity index (χ0v) is 14.3. The first-order chi connectivity index (χ1) is 10.3. The van der Waals surface area contributed by atoms with Crippen molar-refractivity contribution in [1.29, 1.82) is 0 Å². The molecule has 0 atom stereocenters. The van der Waals surface area contributed by atoms with Crippen molar-refractivity contribution in [3.63, 3.8) is 0 Å². The Morgan fingerprint density at radius 2 is 1.48 bits per heavy atom. The molecule has 111 valence electrons. The van der Waals surface area contributed by atoms with Crippen LogP contribution in [0.5, 0.6) is 0 Å². The van der Waals surface area contributed by atoms with E-state index in [9.17, 15) is 0 Å². The summed E-state index contributed by atoms with van der Waals surface area (Å²) in [6.07, 6.45) is 2.01. The van der Waals surface area contributed by atoms with Gasteiger partial charge in [-0.25, -0.2) is 0 Å². The third-order valence-electron chi connectivity index (χ3n) is 3.81. The van der Waals surface area contributed by atoms with Crippen LogP contribution in [0.1, 0.15) is 25.0 Å². The van der Waals surface area contributed by atoms with Crippen LogP contribution in [0, 0.1) is 0 Å². The van der Waals surface area contributed by atoms with E-state index in [1.807, 2.05) is 0 Å². The van der Waals surface area contributed by atoms with Gasteiger partial charge in [-0.3, -0.25) is 0 Å². The third kappa shape index (κ3) is 3.26. The maximum Gasteiger partial charge on any atom is 0.423 e. The fraction of sp³-hybridized carbons (Fsp3) is 0.333. The number of aryl methyl sites for hydroxylation is 1. The lowest BCUT2D eigenvalue weighted by molar-refractivity contribution is 0.291. The second kappa shape index (κ2) is 7.55. The topological polar surface area (TPSA) is 18.5 Å². The van der Waals surface area contributed by atoms with Gasteiger partial charge in [0.15, 0.2) is 0 Å². The van der Waals surface area contributed by atoms with Crippen molar-refractivity contribution >= 4 is 14.5 Å². The summed E-state index contributed by atoms with van der Waals surface area (Å²) < 4.78 is 11.1. The van der Waals surface area contributed by atoms with Crippen LogP contribution < -0.4 is 5.19 Å². The molecule has 0 N–H and O–H groups in total. The summed E-state index contributed by atoms with van der Waals surface area (Å²) in [5.41, 5.74) is 5.36. The number of hydrogen-bond acceptors (Lipinski definition) is 2. The molecule has 0 amide bonds. The molecule has 0 fully saturated rings. The Morgan fingerprint density at radius 3 is 2.10 bits per heavy atom. The molecule has 0 bridgehead atoms. The van der Waals surface area contributed by atoms with Gasteiger partial charge in [0.2, 0.25) is 0 Å². The lowest BCUT2D eigenvalue weighted by atomic mass is 9.93. The predicted octanol–water partition coefficient (Wildman–Crippen LogP) is 3.47. The molecule has 0 spiro atoms. The molecule has 0 aliphatic carbocycles. The first-order valence-electron chi connectivity index (χ1n) is 7.42. The average molecular weight is 299 g/mol. The first-order valence-corrected chi connectivity index (χ1v) is 8.73. The van der Waals surface area contributed by atoms with E-state index >= 15 is 0 Å². The van der Waals surface area contributed by atoms with E-state index in [0.717, 1.165) is 12.8 Å². The average Bonchev–Trinajstić information content (AvgIpc) is 2.55. The van der Waals surface area contributed by atoms with Gasteiger partial charge < -0.3 is 8.85 Å². The maximum absolute atomic E-state index is 5.56. The van der Waals surface area contributed by atoms with Crippen molar-refractivity contribution in [2.24, 2.45) is 0 Å². The minimum absolute atomic E-state index is 0.977. The molecule has 2 aromatic carbocycles. The Kier molecular flexibility index (Phi) is 5.73. The molecule has 0 aliphatic heterocycles. The number of benzene rings is 2. The van der Waals surface area contributed by atoms with Gasteiger partial charge in [0.05, 0.1) is 0 Å². The van der Waals surface area contributed by atoms with Crippen molar-refractivity contribution < 1.29 is 8.85 Å². The lowest BCUT2D eigenvalue weighted by Gasteiger charge is -2.18. The highest BCUT2D eigenvalue weighted by Crippen LogP contribution is 2.27. The Balaban J connectivity index is 2.61. The summed E-state index contributed by atoms with van der Waals surface area (Å²) in [5.74, 6) is 0. The van der Waals surface area contributed by atoms with Crippen molar-refractivity contribution in [2.75, 3.05) is 14.2 Å². The molecule has 0 aliphatic rings. The fourth-order valence-electron chi connectivity index (χ4n) is 2.81. The van der Waals surface area contributed by atoms with Crippen molar-refractivity contribution in [3.8, 4) is 11.1 Å². The van der Waals surface area contributed by atoms with Crippen LogP contribution in [0.3, 0.4) is 0 Å². The smallest absolute Gasteiger partial charge is 0.393 e. The van der Waals surface area contributed by atoms with Gasteiger partial charge in [0.1, 0.15) is 0 Å². The van der Waals surface area contributed by atoms with Gasteiger partial charge in [0.25, 0.3) is 0 Å². The Labute approximate surface area is 129 Å². The van der Waals surface area contributed by atoms with Crippen LogP contribution in [0.2, 0.25) is 0 Å². The van der Waals surface area contributed by atoms with Gasteiger partial charge in [-0.1, -0.05) is 56.3 Å². The molecular formula is C18H23O2Si. The first kappa shape index (κ1) is 16.0. The summed E-state index contributed by atoms with van der Waals surface area (Å²) in [4.78, 5) is 0. The van der Waals surface area contributed by atoms with Gasteiger partial charge in [-0.05, 0) is 40.3 Å². The molecule has 0 saturated carbocycles. The molecular weight excluding hydrogens is 276 g/mol. The summed E-state index contributed by atoms with van der Waals surface area (Å²) in [7, 11) is 2.06. The number of hydrogen-bond donors (Lipinski definition) is 0. The third-order valence-corrected chi connectivity index (χ3v) is 5.46. The number of rotatable bonds is 6. The monoisotopic (exact) mass is 299 g/mol. The van der Waals surface area contributed by atoms with E-state index in [1.54, 1.807) is 14.2 Å².